The summed E-state index contributed by atoms with van der Waals surface area (Å²) in [5.41, 5.74) is 1.65. The number of likely N-dealkylation sites (N-methyl/N-ethyl adjacent to an activating group) is 1. The Balaban J connectivity index is 2.28. The van der Waals surface area contributed by atoms with E-state index in [2.05, 4.69) is 5.32 Å². The largest absolute Gasteiger partial charge is 0.310 e. The summed E-state index contributed by atoms with van der Waals surface area (Å²) in [6.45, 7) is 2.22. The highest BCUT2D eigenvalue weighted by Gasteiger charge is 2.21. The number of benzene rings is 1. The molecular weight excluding hydrogens is 233 g/mol. The topological polar surface area (TPSA) is 35.6 Å². The van der Waals surface area contributed by atoms with Crippen molar-refractivity contribution < 1.29 is 9.18 Å². The van der Waals surface area contributed by atoms with Crippen LogP contribution in [0.3, 0.4) is 0 Å². The van der Waals surface area contributed by atoms with E-state index in [1.54, 1.807) is 11.0 Å². The fourth-order valence-corrected chi connectivity index (χ4v) is 2.04. The van der Waals surface area contributed by atoms with Gasteiger partial charge in [0.05, 0.1) is 6.54 Å². The average molecular weight is 251 g/mol. The number of anilines is 1. The van der Waals surface area contributed by atoms with Gasteiger partial charge in [-0.1, -0.05) is 0 Å². The minimum Gasteiger partial charge on any atom is -0.310 e. The van der Waals surface area contributed by atoms with E-state index in [9.17, 15) is 9.18 Å². The molecule has 0 unspecified atom stereocenters. The maximum Gasteiger partial charge on any atom is 0.240 e. The summed E-state index contributed by atoms with van der Waals surface area (Å²) in [6.07, 6.45) is 0. The molecule has 1 aromatic carbocycles. The molecule has 1 heterocycles. The summed E-state index contributed by atoms with van der Waals surface area (Å²) < 4.78 is 13.2. The van der Waals surface area contributed by atoms with Gasteiger partial charge in [0.15, 0.2) is 0 Å². The zero-order valence-corrected chi connectivity index (χ0v) is 10.7. The van der Waals surface area contributed by atoms with Crippen molar-refractivity contribution in [1.82, 2.24) is 10.2 Å². The number of rotatable bonds is 3. The van der Waals surface area contributed by atoms with Crippen LogP contribution in [0.1, 0.15) is 5.56 Å². The molecule has 5 heteroatoms. The number of fused-ring (bicyclic) bond motifs is 1. The first-order valence-electron chi connectivity index (χ1n) is 6.02. The number of nitrogens with zero attached hydrogens (tertiary/aromatic N) is 2. The van der Waals surface area contributed by atoms with Gasteiger partial charge in [-0.25, -0.2) is 4.39 Å². The Hall–Kier alpha value is -1.46. The average Bonchev–Trinajstić information content (AvgIpc) is 2.45. The molecule has 0 bridgehead atoms. The summed E-state index contributed by atoms with van der Waals surface area (Å²) in [7, 11) is 3.93. The molecule has 1 aromatic rings. The molecule has 1 aliphatic heterocycles. The molecule has 1 aliphatic rings. The van der Waals surface area contributed by atoms with Crippen molar-refractivity contribution in [2.24, 2.45) is 0 Å². The van der Waals surface area contributed by atoms with Gasteiger partial charge < -0.3 is 15.1 Å². The maximum atomic E-state index is 13.2. The zero-order chi connectivity index (χ0) is 13.1. The van der Waals surface area contributed by atoms with Gasteiger partial charge in [0.25, 0.3) is 0 Å². The molecule has 0 fully saturated rings. The van der Waals surface area contributed by atoms with E-state index in [-0.39, 0.29) is 11.7 Å². The Labute approximate surface area is 106 Å². The van der Waals surface area contributed by atoms with Crippen molar-refractivity contribution in [2.45, 2.75) is 6.54 Å². The normalized spacial score (nSPS) is 15.8. The lowest BCUT2D eigenvalue weighted by molar-refractivity contribution is -0.117. The number of halogens is 1. The van der Waals surface area contributed by atoms with Crippen LogP contribution in [0, 0.1) is 5.82 Å². The van der Waals surface area contributed by atoms with E-state index in [0.717, 1.165) is 17.8 Å². The van der Waals surface area contributed by atoms with Gasteiger partial charge in [-0.05, 0) is 37.9 Å². The first kappa shape index (κ1) is 13.0. The van der Waals surface area contributed by atoms with Crippen LogP contribution >= 0.6 is 0 Å². The van der Waals surface area contributed by atoms with Crippen molar-refractivity contribution >= 4 is 11.6 Å². The molecule has 4 nitrogen and oxygen atoms in total. The Kier molecular flexibility index (Phi) is 3.93. The fraction of sp³-hybridized carbons (Fsp3) is 0.462. The molecule has 0 aromatic heterocycles. The first-order chi connectivity index (χ1) is 8.58. The molecule has 0 spiro atoms. The predicted octanol–water partition coefficient (Wildman–Crippen LogP) is 0.824. The molecular formula is C13H18FN3O. The highest BCUT2D eigenvalue weighted by atomic mass is 19.1. The van der Waals surface area contributed by atoms with E-state index < -0.39 is 0 Å². The summed E-state index contributed by atoms with van der Waals surface area (Å²) >= 11 is 0. The third kappa shape index (κ3) is 2.86. The third-order valence-corrected chi connectivity index (χ3v) is 3.00. The standard InChI is InChI=1S/C13H18FN3O/c1-16(2)5-6-17-12-4-3-11(14)7-10(12)8-15-9-13(17)18/h3-4,7,15H,5-6,8-9H2,1-2H3. The molecule has 98 valence electrons. The fourth-order valence-electron chi connectivity index (χ4n) is 2.04. The number of amides is 1. The number of nitrogens with one attached hydrogen (secondary N) is 1. The van der Waals surface area contributed by atoms with Crippen molar-refractivity contribution in [3.63, 3.8) is 0 Å². The van der Waals surface area contributed by atoms with Gasteiger partial charge in [-0.2, -0.15) is 0 Å². The highest BCUT2D eigenvalue weighted by Crippen LogP contribution is 2.23. The molecule has 0 radical (unpaired) electrons. The SMILES string of the molecule is CN(C)CCN1C(=O)CNCc2cc(F)ccc21. The van der Waals surface area contributed by atoms with Gasteiger partial charge in [-0.3, -0.25) is 4.79 Å². The summed E-state index contributed by atoms with van der Waals surface area (Å²) in [5.74, 6) is -0.236. The molecule has 0 saturated heterocycles. The third-order valence-electron chi connectivity index (χ3n) is 3.00. The van der Waals surface area contributed by atoms with Crippen molar-refractivity contribution in [3.8, 4) is 0 Å². The Bertz CT molecular complexity index is 448. The molecule has 0 aliphatic carbocycles. The first-order valence-corrected chi connectivity index (χ1v) is 6.02. The summed E-state index contributed by atoms with van der Waals surface area (Å²) in [5, 5.41) is 3.03. The van der Waals surface area contributed by atoms with Gasteiger partial charge >= 0.3 is 0 Å². The second-order valence-corrected chi connectivity index (χ2v) is 4.73. The highest BCUT2D eigenvalue weighted by molar-refractivity contribution is 5.96. The minimum atomic E-state index is -0.266. The zero-order valence-electron chi connectivity index (χ0n) is 10.7. The number of hydrogen-bond acceptors (Lipinski definition) is 3. The molecule has 0 atom stereocenters. The number of hydrogen-bond donors (Lipinski definition) is 1. The van der Waals surface area contributed by atoms with Crippen LogP contribution in [-0.4, -0.2) is 44.5 Å². The second-order valence-electron chi connectivity index (χ2n) is 4.73. The van der Waals surface area contributed by atoms with Crippen LogP contribution in [0.2, 0.25) is 0 Å². The van der Waals surface area contributed by atoms with Crippen LogP contribution in [-0.2, 0) is 11.3 Å². The number of carbonyl (C=O) groups is 1. The van der Waals surface area contributed by atoms with E-state index in [1.165, 1.54) is 12.1 Å². The lowest BCUT2D eigenvalue weighted by atomic mass is 10.1. The van der Waals surface area contributed by atoms with Crippen molar-refractivity contribution in [3.05, 3.63) is 29.6 Å². The van der Waals surface area contributed by atoms with Crippen molar-refractivity contribution in [2.75, 3.05) is 38.6 Å². The molecule has 0 saturated carbocycles. The Morgan fingerprint density at radius 2 is 2.17 bits per heavy atom. The molecule has 2 rings (SSSR count). The summed E-state index contributed by atoms with van der Waals surface area (Å²) in [6, 6.07) is 4.58. The second kappa shape index (κ2) is 5.46. The van der Waals surface area contributed by atoms with Crippen LogP contribution in [0.15, 0.2) is 18.2 Å². The maximum absolute atomic E-state index is 13.2. The van der Waals surface area contributed by atoms with E-state index >= 15 is 0 Å². The van der Waals surface area contributed by atoms with Crippen LogP contribution in [0.4, 0.5) is 10.1 Å². The molecule has 1 N–H and O–H groups in total. The number of carbonyl (C=O) groups excluding carboxylic acids is 1. The van der Waals surface area contributed by atoms with E-state index in [4.69, 9.17) is 0 Å². The smallest absolute Gasteiger partial charge is 0.240 e. The quantitative estimate of drug-likeness (QED) is 0.864. The van der Waals surface area contributed by atoms with Crippen molar-refractivity contribution in [1.29, 1.82) is 0 Å². The van der Waals surface area contributed by atoms with Crippen LogP contribution < -0.4 is 10.2 Å². The van der Waals surface area contributed by atoms with Gasteiger partial charge in [-0.15, -0.1) is 0 Å². The van der Waals surface area contributed by atoms with E-state index in [1.807, 2.05) is 19.0 Å². The van der Waals surface area contributed by atoms with E-state index in [0.29, 0.717) is 19.6 Å². The lowest BCUT2D eigenvalue weighted by Gasteiger charge is -2.24. The Morgan fingerprint density at radius 1 is 1.39 bits per heavy atom. The van der Waals surface area contributed by atoms with Crippen LogP contribution in [0.5, 0.6) is 0 Å². The molecule has 1 amide bonds. The monoisotopic (exact) mass is 251 g/mol. The molecule has 18 heavy (non-hydrogen) atoms. The van der Waals surface area contributed by atoms with Gasteiger partial charge in [0.2, 0.25) is 5.91 Å². The predicted molar refractivity (Wildman–Crippen MR) is 69.0 cm³/mol. The van der Waals surface area contributed by atoms with Gasteiger partial charge in [0, 0.05) is 25.3 Å². The van der Waals surface area contributed by atoms with Crippen LogP contribution in [0.25, 0.3) is 0 Å². The lowest BCUT2D eigenvalue weighted by Crippen LogP contribution is -2.39. The minimum absolute atomic E-state index is 0.0298. The Morgan fingerprint density at radius 3 is 2.89 bits per heavy atom. The summed E-state index contributed by atoms with van der Waals surface area (Å²) in [4.78, 5) is 15.8. The van der Waals surface area contributed by atoms with Gasteiger partial charge in [0.1, 0.15) is 5.82 Å².